The summed E-state index contributed by atoms with van der Waals surface area (Å²) in [7, 11) is 0. The summed E-state index contributed by atoms with van der Waals surface area (Å²) in [5.74, 6) is 1.32. The van der Waals surface area contributed by atoms with E-state index in [1.165, 1.54) is 23.1 Å². The van der Waals surface area contributed by atoms with E-state index in [0.717, 1.165) is 16.4 Å². The van der Waals surface area contributed by atoms with Crippen molar-refractivity contribution < 1.29 is 0 Å². The quantitative estimate of drug-likeness (QED) is 0.575. The lowest BCUT2D eigenvalue weighted by Gasteiger charge is -1.98. The van der Waals surface area contributed by atoms with Gasteiger partial charge in [0.05, 0.1) is 10.6 Å². The summed E-state index contributed by atoms with van der Waals surface area (Å²) >= 11 is 4.51. The van der Waals surface area contributed by atoms with Gasteiger partial charge in [-0.25, -0.2) is 9.97 Å². The van der Waals surface area contributed by atoms with E-state index in [1.54, 1.807) is 28.0 Å². The van der Waals surface area contributed by atoms with Gasteiger partial charge in [0.2, 0.25) is 5.16 Å². The molecular formula is C13H9N5OS3. The number of nitrogens with one attached hydrogen (secondary N) is 1. The Labute approximate surface area is 136 Å². The minimum Gasteiger partial charge on any atom is -0.269 e. The lowest BCUT2D eigenvalue weighted by molar-refractivity contribution is 0.970. The Balaban J connectivity index is 1.53. The maximum Gasteiger partial charge on any atom is 0.258 e. The van der Waals surface area contributed by atoms with Crippen LogP contribution in [0, 0.1) is 0 Å². The van der Waals surface area contributed by atoms with Crippen LogP contribution < -0.4 is 5.56 Å². The molecule has 0 aliphatic rings. The summed E-state index contributed by atoms with van der Waals surface area (Å²) in [4.78, 5) is 22.6. The third-order valence-electron chi connectivity index (χ3n) is 2.92. The number of hydrogen-bond donors (Lipinski definition) is 1. The Morgan fingerprint density at radius 3 is 3.09 bits per heavy atom. The van der Waals surface area contributed by atoms with Gasteiger partial charge in [-0.3, -0.25) is 14.3 Å². The van der Waals surface area contributed by atoms with Crippen molar-refractivity contribution in [3.05, 3.63) is 51.2 Å². The first kappa shape index (κ1) is 13.7. The average Bonchev–Trinajstić information content (AvgIpc) is 3.25. The fraction of sp³-hybridized carbons (Fsp3) is 0.0769. The molecule has 22 heavy (non-hydrogen) atoms. The van der Waals surface area contributed by atoms with Crippen LogP contribution in [-0.4, -0.2) is 24.6 Å². The monoisotopic (exact) mass is 347 g/mol. The van der Waals surface area contributed by atoms with E-state index >= 15 is 0 Å². The Morgan fingerprint density at radius 1 is 1.27 bits per heavy atom. The van der Waals surface area contributed by atoms with Crippen molar-refractivity contribution in [1.29, 1.82) is 0 Å². The summed E-state index contributed by atoms with van der Waals surface area (Å²) in [5.41, 5.74) is 0.677. The number of rotatable bonds is 4. The van der Waals surface area contributed by atoms with Crippen LogP contribution in [0.25, 0.3) is 15.7 Å². The summed E-state index contributed by atoms with van der Waals surface area (Å²) in [6, 6.07) is 5.52. The third kappa shape index (κ3) is 2.58. The van der Waals surface area contributed by atoms with Crippen LogP contribution >= 0.6 is 34.4 Å². The first-order valence-corrected chi connectivity index (χ1v) is 9.09. The molecule has 0 fully saturated rings. The van der Waals surface area contributed by atoms with Gasteiger partial charge >= 0.3 is 0 Å². The summed E-state index contributed by atoms with van der Waals surface area (Å²) in [6.45, 7) is 0. The molecule has 0 radical (unpaired) electrons. The molecule has 0 saturated carbocycles. The zero-order chi connectivity index (χ0) is 14.9. The number of hydrogen-bond acceptors (Lipinski definition) is 7. The van der Waals surface area contributed by atoms with Gasteiger partial charge in [0.15, 0.2) is 10.8 Å². The fourth-order valence-electron chi connectivity index (χ4n) is 1.93. The molecule has 0 aromatic carbocycles. The second kappa shape index (κ2) is 5.67. The van der Waals surface area contributed by atoms with E-state index in [0.29, 0.717) is 15.9 Å². The molecule has 0 saturated heterocycles. The van der Waals surface area contributed by atoms with Gasteiger partial charge < -0.3 is 0 Å². The second-order valence-electron chi connectivity index (χ2n) is 4.37. The molecule has 9 heteroatoms. The van der Waals surface area contributed by atoms with Crippen LogP contribution in [0.15, 0.2) is 45.1 Å². The Morgan fingerprint density at radius 2 is 2.23 bits per heavy atom. The van der Waals surface area contributed by atoms with E-state index in [4.69, 9.17) is 0 Å². The summed E-state index contributed by atoms with van der Waals surface area (Å²) < 4.78 is 1.54. The highest BCUT2D eigenvalue weighted by Crippen LogP contribution is 2.24. The zero-order valence-electron chi connectivity index (χ0n) is 11.1. The number of thiophene rings is 1. The van der Waals surface area contributed by atoms with Crippen molar-refractivity contribution in [1.82, 2.24) is 24.6 Å². The Bertz CT molecular complexity index is 969. The van der Waals surface area contributed by atoms with Gasteiger partial charge in [0.25, 0.3) is 5.56 Å². The summed E-state index contributed by atoms with van der Waals surface area (Å²) in [5, 5.41) is 11.6. The highest BCUT2D eigenvalue weighted by Gasteiger charge is 2.09. The number of aromatic amines is 1. The maximum absolute atomic E-state index is 11.9. The van der Waals surface area contributed by atoms with Crippen molar-refractivity contribution in [3.63, 3.8) is 0 Å². The number of aromatic nitrogens is 5. The standard InChI is InChI=1S/C13H9N5OS3/c19-10-6-8(14-13-18(10)3-5-21-13)7-22-12-15-11(16-17-12)9-2-1-4-20-9/h1-6H,7H2,(H,15,16,17). The SMILES string of the molecule is O=c1cc(CSc2n[nH]c(-c3cccs3)n2)nc2sccn12. The van der Waals surface area contributed by atoms with Gasteiger partial charge in [-0.15, -0.1) is 27.8 Å². The molecule has 0 unspecified atom stereocenters. The molecule has 1 N–H and O–H groups in total. The minimum absolute atomic E-state index is 0.0592. The highest BCUT2D eigenvalue weighted by molar-refractivity contribution is 7.98. The van der Waals surface area contributed by atoms with Crippen molar-refractivity contribution in [2.24, 2.45) is 0 Å². The fourth-order valence-corrected chi connectivity index (χ4v) is 4.03. The van der Waals surface area contributed by atoms with E-state index in [1.807, 2.05) is 22.9 Å². The predicted molar refractivity (Wildman–Crippen MR) is 88.6 cm³/mol. The normalized spacial score (nSPS) is 11.3. The molecule has 0 aliphatic carbocycles. The van der Waals surface area contributed by atoms with Crippen LogP contribution in [0.3, 0.4) is 0 Å². The van der Waals surface area contributed by atoms with Crippen LogP contribution in [0.5, 0.6) is 0 Å². The molecule has 4 aromatic heterocycles. The molecule has 6 nitrogen and oxygen atoms in total. The molecule has 110 valence electrons. The van der Waals surface area contributed by atoms with Gasteiger partial charge in [0, 0.05) is 23.4 Å². The number of nitrogens with zero attached hydrogens (tertiary/aromatic N) is 4. The molecule has 0 aliphatic heterocycles. The molecule has 4 heterocycles. The highest BCUT2D eigenvalue weighted by atomic mass is 32.2. The van der Waals surface area contributed by atoms with Gasteiger partial charge in [-0.1, -0.05) is 17.8 Å². The first-order valence-electron chi connectivity index (χ1n) is 6.34. The van der Waals surface area contributed by atoms with Crippen LogP contribution in [0.2, 0.25) is 0 Å². The smallest absolute Gasteiger partial charge is 0.258 e. The van der Waals surface area contributed by atoms with Gasteiger partial charge in [-0.05, 0) is 11.4 Å². The van der Waals surface area contributed by atoms with Crippen LogP contribution in [0.1, 0.15) is 5.69 Å². The molecule has 0 amide bonds. The molecule has 4 rings (SSSR count). The lowest BCUT2D eigenvalue weighted by Crippen LogP contribution is -2.12. The van der Waals surface area contributed by atoms with Crippen molar-refractivity contribution in [2.75, 3.05) is 0 Å². The summed E-state index contributed by atoms with van der Waals surface area (Å²) in [6.07, 6.45) is 1.73. The zero-order valence-corrected chi connectivity index (χ0v) is 13.5. The number of H-pyrrole nitrogens is 1. The number of thiazole rings is 1. The number of fused-ring (bicyclic) bond motifs is 1. The Hall–Kier alpha value is -1.97. The van der Waals surface area contributed by atoms with Crippen molar-refractivity contribution >= 4 is 39.4 Å². The topological polar surface area (TPSA) is 75.9 Å². The number of thioether (sulfide) groups is 1. The van der Waals surface area contributed by atoms with Gasteiger partial charge in [-0.2, -0.15) is 0 Å². The molecule has 0 atom stereocenters. The van der Waals surface area contributed by atoms with Crippen LogP contribution in [-0.2, 0) is 5.75 Å². The van der Waals surface area contributed by atoms with E-state index < -0.39 is 0 Å². The maximum atomic E-state index is 11.9. The largest absolute Gasteiger partial charge is 0.269 e. The first-order chi connectivity index (χ1) is 10.8. The second-order valence-corrected chi connectivity index (χ2v) is 7.14. The average molecular weight is 347 g/mol. The van der Waals surface area contributed by atoms with Crippen LogP contribution in [0.4, 0.5) is 0 Å². The third-order valence-corrected chi connectivity index (χ3v) is 5.44. The van der Waals surface area contributed by atoms with E-state index in [9.17, 15) is 4.79 Å². The Kier molecular flexibility index (Phi) is 3.53. The van der Waals surface area contributed by atoms with Crippen molar-refractivity contribution in [3.8, 4) is 10.7 Å². The van der Waals surface area contributed by atoms with Crippen molar-refractivity contribution in [2.45, 2.75) is 10.9 Å². The lowest BCUT2D eigenvalue weighted by atomic mass is 10.4. The van der Waals surface area contributed by atoms with Gasteiger partial charge in [0.1, 0.15) is 0 Å². The van der Waals surface area contributed by atoms with E-state index in [2.05, 4.69) is 20.2 Å². The molecule has 0 bridgehead atoms. The molecule has 4 aromatic rings. The molecular weight excluding hydrogens is 338 g/mol. The predicted octanol–water partition coefficient (Wildman–Crippen LogP) is 2.89. The molecule has 0 spiro atoms. The minimum atomic E-state index is -0.0592. The van der Waals surface area contributed by atoms with E-state index in [-0.39, 0.29) is 5.56 Å².